The molecule has 0 fully saturated rings. The van der Waals surface area contributed by atoms with Gasteiger partial charge in [-0.1, -0.05) is 6.07 Å². The fraction of sp³-hybridized carbons (Fsp3) is 0.235. The van der Waals surface area contributed by atoms with Crippen molar-refractivity contribution in [2.75, 3.05) is 11.9 Å². The Morgan fingerprint density at radius 2 is 2.21 bits per heavy atom. The third kappa shape index (κ3) is 3.55. The smallest absolute Gasteiger partial charge is 0.222 e. The highest BCUT2D eigenvalue weighted by Crippen LogP contribution is 2.23. The Labute approximate surface area is 139 Å². The molecule has 0 saturated heterocycles. The predicted octanol–water partition coefficient (Wildman–Crippen LogP) is 2.21. The molecule has 7 nitrogen and oxygen atoms in total. The van der Waals surface area contributed by atoms with Crippen molar-refractivity contribution in [1.82, 2.24) is 24.9 Å². The molecule has 0 radical (unpaired) electrons. The van der Waals surface area contributed by atoms with Gasteiger partial charge in [0.15, 0.2) is 0 Å². The standard InChI is InChI=1S/C17H17N7/c1-12-9-22-17(21-7-5-13-10-19-11-23-13)24-16(12)14(8-18)15-4-2-3-6-20-15/h2-4,6,9-11,14H,5,7H2,1H3,(H,19,23)(H,21,22,24). The Morgan fingerprint density at radius 3 is 2.92 bits per heavy atom. The van der Waals surface area contributed by atoms with Gasteiger partial charge in [-0.3, -0.25) is 4.98 Å². The van der Waals surface area contributed by atoms with Gasteiger partial charge in [0, 0.05) is 37.3 Å². The number of anilines is 1. The third-order valence-corrected chi connectivity index (χ3v) is 3.63. The lowest BCUT2D eigenvalue weighted by Gasteiger charge is -2.12. The first-order valence-corrected chi connectivity index (χ1v) is 7.63. The summed E-state index contributed by atoms with van der Waals surface area (Å²) < 4.78 is 0. The quantitative estimate of drug-likeness (QED) is 0.722. The second kappa shape index (κ2) is 7.33. The lowest BCUT2D eigenvalue weighted by atomic mass is 9.99. The van der Waals surface area contributed by atoms with Crippen LogP contribution >= 0.6 is 0 Å². The van der Waals surface area contributed by atoms with E-state index in [2.05, 4.69) is 36.3 Å². The van der Waals surface area contributed by atoms with E-state index in [1.54, 1.807) is 24.9 Å². The van der Waals surface area contributed by atoms with Crippen molar-refractivity contribution in [3.05, 3.63) is 65.8 Å². The molecule has 120 valence electrons. The van der Waals surface area contributed by atoms with Crippen LogP contribution in [0.2, 0.25) is 0 Å². The SMILES string of the molecule is Cc1cnc(NCCc2cnc[nH]2)nc1C(C#N)c1ccccn1. The van der Waals surface area contributed by atoms with Crippen LogP contribution in [0.1, 0.15) is 28.6 Å². The molecule has 0 aliphatic carbocycles. The Bertz CT molecular complexity index is 822. The van der Waals surface area contributed by atoms with E-state index in [9.17, 15) is 5.26 Å². The van der Waals surface area contributed by atoms with Crippen LogP contribution in [-0.4, -0.2) is 31.5 Å². The molecule has 3 aromatic heterocycles. The molecule has 0 saturated carbocycles. The molecule has 0 bridgehead atoms. The molecule has 24 heavy (non-hydrogen) atoms. The molecule has 0 amide bonds. The van der Waals surface area contributed by atoms with Crippen molar-refractivity contribution < 1.29 is 0 Å². The Hall–Kier alpha value is -3.27. The molecular weight excluding hydrogens is 302 g/mol. The number of aromatic amines is 1. The second-order valence-corrected chi connectivity index (χ2v) is 5.33. The molecule has 0 spiro atoms. The normalized spacial score (nSPS) is 11.7. The first-order valence-electron chi connectivity index (χ1n) is 7.63. The van der Waals surface area contributed by atoms with Crippen LogP contribution in [0.15, 0.2) is 43.1 Å². The topological polar surface area (TPSA) is 103 Å². The van der Waals surface area contributed by atoms with Gasteiger partial charge in [0.05, 0.1) is 23.8 Å². The summed E-state index contributed by atoms with van der Waals surface area (Å²) in [4.78, 5) is 20.1. The summed E-state index contributed by atoms with van der Waals surface area (Å²) in [6.45, 7) is 2.57. The van der Waals surface area contributed by atoms with E-state index in [0.29, 0.717) is 23.9 Å². The molecule has 0 aromatic carbocycles. The molecule has 2 N–H and O–H groups in total. The predicted molar refractivity (Wildman–Crippen MR) is 89.2 cm³/mol. The van der Waals surface area contributed by atoms with Crippen molar-refractivity contribution in [3.8, 4) is 6.07 Å². The van der Waals surface area contributed by atoms with Crippen LogP contribution in [0.4, 0.5) is 5.95 Å². The van der Waals surface area contributed by atoms with Gasteiger partial charge in [-0.25, -0.2) is 15.0 Å². The zero-order valence-electron chi connectivity index (χ0n) is 13.3. The molecule has 3 aromatic rings. The number of imidazole rings is 1. The highest BCUT2D eigenvalue weighted by Gasteiger charge is 2.19. The second-order valence-electron chi connectivity index (χ2n) is 5.33. The van der Waals surface area contributed by atoms with Gasteiger partial charge in [-0.2, -0.15) is 5.26 Å². The van der Waals surface area contributed by atoms with Gasteiger partial charge in [0.25, 0.3) is 0 Å². The minimum Gasteiger partial charge on any atom is -0.354 e. The first kappa shape index (κ1) is 15.6. The van der Waals surface area contributed by atoms with Crippen molar-refractivity contribution in [1.29, 1.82) is 5.26 Å². The first-order chi connectivity index (χ1) is 11.8. The van der Waals surface area contributed by atoms with Gasteiger partial charge in [-0.05, 0) is 24.6 Å². The fourth-order valence-electron chi connectivity index (χ4n) is 2.38. The van der Waals surface area contributed by atoms with Gasteiger partial charge in [0.1, 0.15) is 5.92 Å². The van der Waals surface area contributed by atoms with Crippen LogP contribution in [0, 0.1) is 18.3 Å². The molecule has 1 unspecified atom stereocenters. The van der Waals surface area contributed by atoms with Crippen molar-refractivity contribution in [3.63, 3.8) is 0 Å². The van der Waals surface area contributed by atoms with Gasteiger partial charge in [0.2, 0.25) is 5.95 Å². The minimum absolute atomic E-state index is 0.506. The average molecular weight is 319 g/mol. The number of aromatic nitrogens is 5. The summed E-state index contributed by atoms with van der Waals surface area (Å²) in [5, 5.41) is 12.7. The maximum absolute atomic E-state index is 9.57. The van der Waals surface area contributed by atoms with Crippen molar-refractivity contribution >= 4 is 5.95 Å². The summed E-state index contributed by atoms with van der Waals surface area (Å²) in [5.41, 5.74) is 3.27. The van der Waals surface area contributed by atoms with Crippen LogP contribution in [0.3, 0.4) is 0 Å². The summed E-state index contributed by atoms with van der Waals surface area (Å²) >= 11 is 0. The van der Waals surface area contributed by atoms with Gasteiger partial charge >= 0.3 is 0 Å². The van der Waals surface area contributed by atoms with E-state index in [1.165, 1.54) is 0 Å². The zero-order chi connectivity index (χ0) is 16.8. The van der Waals surface area contributed by atoms with Crippen LogP contribution in [0.25, 0.3) is 0 Å². The number of pyridine rings is 1. The number of nitriles is 1. The Balaban J connectivity index is 1.77. The highest BCUT2D eigenvalue weighted by atomic mass is 15.1. The summed E-state index contributed by atoms with van der Waals surface area (Å²) in [6.07, 6.45) is 7.64. The largest absolute Gasteiger partial charge is 0.354 e. The number of hydrogen-bond donors (Lipinski definition) is 2. The zero-order valence-corrected chi connectivity index (χ0v) is 13.3. The minimum atomic E-state index is -0.512. The molecule has 3 heterocycles. The number of aryl methyl sites for hydroxylation is 1. The number of H-pyrrole nitrogens is 1. The fourth-order valence-corrected chi connectivity index (χ4v) is 2.38. The Morgan fingerprint density at radius 1 is 1.29 bits per heavy atom. The highest BCUT2D eigenvalue weighted by molar-refractivity contribution is 5.38. The molecule has 0 aliphatic rings. The van der Waals surface area contributed by atoms with Crippen molar-refractivity contribution in [2.24, 2.45) is 0 Å². The van der Waals surface area contributed by atoms with E-state index in [1.807, 2.05) is 25.1 Å². The number of nitrogens with one attached hydrogen (secondary N) is 2. The van der Waals surface area contributed by atoms with Crippen molar-refractivity contribution in [2.45, 2.75) is 19.3 Å². The molecular formula is C17H17N7. The Kier molecular flexibility index (Phi) is 4.77. The average Bonchev–Trinajstić information content (AvgIpc) is 3.12. The van der Waals surface area contributed by atoms with Crippen LogP contribution in [-0.2, 0) is 6.42 Å². The van der Waals surface area contributed by atoms with E-state index >= 15 is 0 Å². The van der Waals surface area contributed by atoms with Gasteiger partial charge in [-0.15, -0.1) is 0 Å². The molecule has 3 rings (SSSR count). The molecule has 1 atom stereocenters. The molecule has 0 aliphatic heterocycles. The van der Waals surface area contributed by atoms with E-state index in [4.69, 9.17) is 0 Å². The van der Waals surface area contributed by atoms with E-state index < -0.39 is 5.92 Å². The lowest BCUT2D eigenvalue weighted by molar-refractivity contribution is 0.876. The monoisotopic (exact) mass is 319 g/mol. The maximum Gasteiger partial charge on any atom is 0.222 e. The molecule has 7 heteroatoms. The number of hydrogen-bond acceptors (Lipinski definition) is 6. The summed E-state index contributed by atoms with van der Waals surface area (Å²) in [5.74, 6) is -0.00588. The van der Waals surface area contributed by atoms with E-state index in [-0.39, 0.29) is 0 Å². The summed E-state index contributed by atoms with van der Waals surface area (Å²) in [6, 6.07) is 7.82. The lowest BCUT2D eigenvalue weighted by Crippen LogP contribution is -2.12. The van der Waals surface area contributed by atoms with Gasteiger partial charge < -0.3 is 10.3 Å². The van der Waals surface area contributed by atoms with Crippen LogP contribution in [0.5, 0.6) is 0 Å². The number of nitrogens with zero attached hydrogens (tertiary/aromatic N) is 5. The number of rotatable bonds is 6. The maximum atomic E-state index is 9.57. The van der Waals surface area contributed by atoms with E-state index in [0.717, 1.165) is 17.7 Å². The van der Waals surface area contributed by atoms with Crippen LogP contribution < -0.4 is 5.32 Å². The summed E-state index contributed by atoms with van der Waals surface area (Å²) in [7, 11) is 0. The third-order valence-electron chi connectivity index (χ3n) is 3.63.